The second-order valence-corrected chi connectivity index (χ2v) is 9.93. The Morgan fingerprint density at radius 2 is 2.00 bits per heavy atom. The number of furan rings is 1. The number of carbonyl (C=O) groups excluding carboxylic acids is 2. The summed E-state index contributed by atoms with van der Waals surface area (Å²) in [5, 5.41) is 3.85. The van der Waals surface area contributed by atoms with E-state index in [9.17, 15) is 9.59 Å². The molecule has 6 nitrogen and oxygen atoms in total. The van der Waals surface area contributed by atoms with Crippen molar-refractivity contribution in [2.45, 2.75) is 64.6 Å². The quantitative estimate of drug-likeness (QED) is 0.606. The van der Waals surface area contributed by atoms with Crippen molar-refractivity contribution in [3.05, 3.63) is 36.1 Å². The predicted octanol–water partition coefficient (Wildman–Crippen LogP) is 3.32. The maximum absolute atomic E-state index is 12.3. The summed E-state index contributed by atoms with van der Waals surface area (Å²) in [6.45, 7) is 8.05. The zero-order chi connectivity index (χ0) is 21.3. The van der Waals surface area contributed by atoms with Gasteiger partial charge in [0.15, 0.2) is 0 Å². The van der Waals surface area contributed by atoms with E-state index in [1.54, 1.807) is 6.26 Å². The van der Waals surface area contributed by atoms with Gasteiger partial charge in [-0.2, -0.15) is 0 Å². The molecule has 1 aliphatic heterocycles. The number of hydrogen-bond acceptors (Lipinski definition) is 5. The third kappa shape index (κ3) is 2.86. The van der Waals surface area contributed by atoms with Crippen molar-refractivity contribution < 1.29 is 23.3 Å². The number of hydrogen-bond donors (Lipinski definition) is 1. The van der Waals surface area contributed by atoms with Crippen LogP contribution in [0.15, 0.2) is 34.9 Å². The van der Waals surface area contributed by atoms with Gasteiger partial charge in [0.1, 0.15) is 5.58 Å². The standard InChI is InChI=1S/C23H28BNO5/c1-13(26)21(27)25-20(9-14-12-28-17-8-6-5-7-16(14)17)24-29-19-11-15-10-18(22(15,2)3)23(19,4)30-24/h5-8,12,15,18-20H,9-11H2,1-4H3,(H,25,27)/t15?,18?,19?,20?,23-/m0/s1. The molecule has 0 spiro atoms. The summed E-state index contributed by atoms with van der Waals surface area (Å²) in [7, 11) is -0.605. The molecule has 30 heavy (non-hydrogen) atoms. The zero-order valence-electron chi connectivity index (χ0n) is 17.9. The number of amides is 1. The summed E-state index contributed by atoms with van der Waals surface area (Å²) < 4.78 is 18.6. The minimum Gasteiger partial charge on any atom is -0.464 e. The molecule has 2 bridgehead atoms. The van der Waals surface area contributed by atoms with Gasteiger partial charge < -0.3 is 19.0 Å². The lowest BCUT2D eigenvalue weighted by Gasteiger charge is -2.64. The molecule has 158 valence electrons. The predicted molar refractivity (Wildman–Crippen MR) is 113 cm³/mol. The van der Waals surface area contributed by atoms with E-state index in [-0.39, 0.29) is 17.1 Å². The lowest BCUT2D eigenvalue weighted by Crippen LogP contribution is -2.65. The molecule has 2 heterocycles. The van der Waals surface area contributed by atoms with Gasteiger partial charge in [-0.3, -0.25) is 9.59 Å². The lowest BCUT2D eigenvalue weighted by molar-refractivity contribution is -0.199. The van der Waals surface area contributed by atoms with Gasteiger partial charge in [0.25, 0.3) is 5.91 Å². The minimum atomic E-state index is -0.621. The first-order valence-corrected chi connectivity index (χ1v) is 10.8. The highest BCUT2D eigenvalue weighted by Crippen LogP contribution is 2.65. The van der Waals surface area contributed by atoms with Crippen LogP contribution in [0.1, 0.15) is 46.1 Å². The van der Waals surface area contributed by atoms with Crippen LogP contribution < -0.4 is 5.32 Å². The second-order valence-electron chi connectivity index (χ2n) is 9.93. The highest BCUT2D eigenvalue weighted by Gasteiger charge is 2.68. The molecule has 1 N–H and O–H groups in total. The first kappa shape index (κ1) is 19.8. The van der Waals surface area contributed by atoms with E-state index in [2.05, 4.69) is 26.1 Å². The molecule has 1 aromatic carbocycles. The maximum atomic E-state index is 12.3. The molecule has 7 heteroatoms. The minimum absolute atomic E-state index is 0.0112. The average Bonchev–Trinajstić information content (AvgIpc) is 3.27. The third-order valence-corrected chi connectivity index (χ3v) is 7.93. The van der Waals surface area contributed by atoms with Gasteiger partial charge in [-0.1, -0.05) is 32.0 Å². The molecule has 2 aromatic rings. The van der Waals surface area contributed by atoms with E-state index in [1.165, 1.54) is 6.92 Å². The van der Waals surface area contributed by atoms with E-state index in [1.807, 2.05) is 24.3 Å². The summed E-state index contributed by atoms with van der Waals surface area (Å²) >= 11 is 0. The number of para-hydroxylation sites is 1. The van der Waals surface area contributed by atoms with Crippen molar-refractivity contribution in [2.75, 3.05) is 0 Å². The highest BCUT2D eigenvalue weighted by molar-refractivity contribution is 6.49. The fraction of sp³-hybridized carbons (Fsp3) is 0.565. The Bertz CT molecular complexity index is 1020. The molecule has 5 atom stereocenters. The van der Waals surface area contributed by atoms with Crippen molar-refractivity contribution in [1.82, 2.24) is 5.32 Å². The van der Waals surface area contributed by atoms with Crippen LogP contribution in [0.25, 0.3) is 11.0 Å². The van der Waals surface area contributed by atoms with Gasteiger partial charge in [-0.15, -0.1) is 0 Å². The summed E-state index contributed by atoms with van der Waals surface area (Å²) in [6.07, 6.45) is 4.31. The molecule has 4 aliphatic rings. The summed E-state index contributed by atoms with van der Waals surface area (Å²) in [5.74, 6) is -0.555. The van der Waals surface area contributed by atoms with Crippen LogP contribution in [-0.2, 0) is 25.3 Å². The molecule has 3 aliphatic carbocycles. The average molecular weight is 409 g/mol. The van der Waals surface area contributed by atoms with Crippen molar-refractivity contribution in [3.8, 4) is 0 Å². The van der Waals surface area contributed by atoms with Crippen LogP contribution in [-0.4, -0.2) is 36.5 Å². The second kappa shape index (κ2) is 6.69. The number of carbonyl (C=O) groups is 2. The van der Waals surface area contributed by atoms with E-state index >= 15 is 0 Å². The number of rotatable bonds is 5. The van der Waals surface area contributed by atoms with Crippen LogP contribution >= 0.6 is 0 Å². The van der Waals surface area contributed by atoms with Crippen molar-refractivity contribution in [1.29, 1.82) is 0 Å². The largest absolute Gasteiger partial charge is 0.482 e. The number of benzene rings is 1. The van der Waals surface area contributed by atoms with Crippen molar-refractivity contribution in [2.24, 2.45) is 17.3 Å². The Balaban J connectivity index is 1.43. The summed E-state index contributed by atoms with van der Waals surface area (Å²) in [5.41, 5.74) is 1.61. The molecule has 1 amide bonds. The lowest BCUT2D eigenvalue weighted by atomic mass is 9.43. The van der Waals surface area contributed by atoms with Gasteiger partial charge in [0, 0.05) is 12.3 Å². The molecule has 1 saturated heterocycles. The Labute approximate surface area is 176 Å². The summed E-state index contributed by atoms with van der Waals surface area (Å²) in [4.78, 5) is 23.9. The van der Waals surface area contributed by atoms with Gasteiger partial charge in [-0.25, -0.2) is 0 Å². The molecular formula is C23H28BNO5. The SMILES string of the molecule is CC(=O)C(=O)NC(Cc1coc2ccccc12)B1OC2CC3CC(C3(C)C)[C@]2(C)O1. The number of ketones is 1. The smallest absolute Gasteiger partial charge is 0.464 e. The van der Waals surface area contributed by atoms with Crippen LogP contribution in [0, 0.1) is 17.3 Å². The van der Waals surface area contributed by atoms with Gasteiger partial charge >= 0.3 is 7.12 Å². The van der Waals surface area contributed by atoms with Gasteiger partial charge in [0.05, 0.1) is 23.9 Å². The Hall–Kier alpha value is -2.12. The Morgan fingerprint density at radius 1 is 1.23 bits per heavy atom. The number of nitrogens with one attached hydrogen (secondary N) is 1. The fourth-order valence-electron chi connectivity index (χ4n) is 5.98. The monoisotopic (exact) mass is 409 g/mol. The molecule has 4 unspecified atom stereocenters. The van der Waals surface area contributed by atoms with E-state index in [0.717, 1.165) is 29.4 Å². The normalized spacial score (nSPS) is 32.4. The van der Waals surface area contributed by atoms with Crippen LogP contribution in [0.2, 0.25) is 0 Å². The molecule has 6 rings (SSSR count). The Kier molecular flexibility index (Phi) is 4.42. The van der Waals surface area contributed by atoms with Crippen molar-refractivity contribution in [3.63, 3.8) is 0 Å². The zero-order valence-corrected chi connectivity index (χ0v) is 17.9. The van der Waals surface area contributed by atoms with Crippen molar-refractivity contribution >= 4 is 29.8 Å². The van der Waals surface area contributed by atoms with E-state index in [0.29, 0.717) is 18.3 Å². The molecule has 0 radical (unpaired) electrons. The van der Waals surface area contributed by atoms with Crippen LogP contribution in [0.5, 0.6) is 0 Å². The third-order valence-electron chi connectivity index (χ3n) is 7.93. The van der Waals surface area contributed by atoms with E-state index in [4.69, 9.17) is 13.7 Å². The molecular weight excluding hydrogens is 381 g/mol. The van der Waals surface area contributed by atoms with Gasteiger partial charge in [-0.05, 0) is 55.1 Å². The topological polar surface area (TPSA) is 77.8 Å². The fourth-order valence-corrected chi connectivity index (χ4v) is 5.98. The van der Waals surface area contributed by atoms with E-state index < -0.39 is 24.8 Å². The number of fused-ring (bicyclic) bond motifs is 1. The highest BCUT2D eigenvalue weighted by atomic mass is 16.7. The van der Waals surface area contributed by atoms with Crippen LogP contribution in [0.4, 0.5) is 0 Å². The van der Waals surface area contributed by atoms with Gasteiger partial charge in [0.2, 0.25) is 5.78 Å². The molecule has 1 aromatic heterocycles. The number of Topliss-reactive ketones (excluding diaryl/α,β-unsaturated/α-hetero) is 1. The molecule has 4 fully saturated rings. The summed E-state index contributed by atoms with van der Waals surface area (Å²) in [6, 6.07) is 7.79. The first-order chi connectivity index (χ1) is 14.2. The van der Waals surface area contributed by atoms with Crippen LogP contribution in [0.3, 0.4) is 0 Å². The molecule has 3 saturated carbocycles. The first-order valence-electron chi connectivity index (χ1n) is 10.8. The Morgan fingerprint density at radius 3 is 2.73 bits per heavy atom. The maximum Gasteiger partial charge on any atom is 0.482 e.